The van der Waals surface area contributed by atoms with Crippen molar-refractivity contribution in [1.29, 1.82) is 0 Å². The molecule has 0 atom stereocenters. The monoisotopic (exact) mass is 272 g/mol. The van der Waals surface area contributed by atoms with E-state index in [0.29, 0.717) is 6.61 Å². The van der Waals surface area contributed by atoms with Crippen LogP contribution in [-0.4, -0.2) is 16.3 Å². The summed E-state index contributed by atoms with van der Waals surface area (Å²) >= 11 is 6.07. The van der Waals surface area contributed by atoms with E-state index >= 15 is 0 Å². The molecule has 0 unspecified atom stereocenters. The van der Waals surface area contributed by atoms with E-state index in [1.165, 1.54) is 0 Å². The quantitative estimate of drug-likeness (QED) is 0.447. The molecule has 0 radical (unpaired) electrons. The molecular formula is C6H10Br2O2. The Morgan fingerprint density at radius 2 is 2.20 bits per heavy atom. The molecule has 0 heterocycles. The lowest BCUT2D eigenvalue weighted by Gasteiger charge is -2.02. The molecule has 0 aliphatic rings. The van der Waals surface area contributed by atoms with Gasteiger partial charge in [-0.05, 0) is 6.42 Å². The van der Waals surface area contributed by atoms with E-state index in [4.69, 9.17) is 4.74 Å². The minimum Gasteiger partial charge on any atom is -0.464 e. The minimum absolute atomic E-state index is 0.256. The molecule has 0 N–H and O–H groups in total. The molecule has 10 heavy (non-hydrogen) atoms. The Morgan fingerprint density at radius 3 is 2.60 bits per heavy atom. The van der Waals surface area contributed by atoms with Gasteiger partial charge in [0.15, 0.2) is 3.74 Å². The van der Waals surface area contributed by atoms with Gasteiger partial charge in [0.25, 0.3) is 0 Å². The van der Waals surface area contributed by atoms with E-state index in [-0.39, 0.29) is 9.71 Å². The number of carbonyl (C=O) groups is 1. The molecule has 4 heteroatoms. The number of halogens is 2. The highest BCUT2D eigenvalue weighted by Crippen LogP contribution is 2.09. The molecule has 0 bridgehead atoms. The summed E-state index contributed by atoms with van der Waals surface area (Å²) in [5.41, 5.74) is 0. The SMILES string of the molecule is CCCCOC(=O)C(Br)Br. The van der Waals surface area contributed by atoms with E-state index < -0.39 is 0 Å². The van der Waals surface area contributed by atoms with Crippen LogP contribution in [-0.2, 0) is 9.53 Å². The second-order valence-electron chi connectivity index (χ2n) is 1.82. The maximum absolute atomic E-state index is 10.7. The lowest BCUT2D eigenvalue weighted by molar-refractivity contribution is -0.141. The van der Waals surface area contributed by atoms with Crippen LogP contribution in [0.1, 0.15) is 19.8 Å². The summed E-state index contributed by atoms with van der Waals surface area (Å²) in [6.07, 6.45) is 1.97. The van der Waals surface area contributed by atoms with Crippen molar-refractivity contribution in [2.24, 2.45) is 0 Å². The van der Waals surface area contributed by atoms with Gasteiger partial charge in [-0.1, -0.05) is 45.2 Å². The van der Waals surface area contributed by atoms with Crippen molar-refractivity contribution in [3.05, 3.63) is 0 Å². The van der Waals surface area contributed by atoms with Gasteiger partial charge >= 0.3 is 5.97 Å². The third kappa shape index (κ3) is 5.23. The van der Waals surface area contributed by atoms with Gasteiger partial charge < -0.3 is 4.74 Å². The Kier molecular flexibility index (Phi) is 6.43. The summed E-state index contributed by atoms with van der Waals surface area (Å²) in [4.78, 5) is 10.7. The first kappa shape index (κ1) is 10.4. The summed E-state index contributed by atoms with van der Waals surface area (Å²) < 4.78 is 4.45. The molecule has 60 valence electrons. The highest BCUT2D eigenvalue weighted by Gasteiger charge is 2.10. The van der Waals surface area contributed by atoms with E-state index in [0.717, 1.165) is 12.8 Å². The predicted molar refractivity (Wildman–Crippen MR) is 47.5 cm³/mol. The topological polar surface area (TPSA) is 26.3 Å². The number of alkyl halides is 2. The van der Waals surface area contributed by atoms with Gasteiger partial charge in [0, 0.05) is 0 Å². The molecule has 0 aliphatic heterocycles. The summed E-state index contributed by atoms with van der Waals surface area (Å²) in [7, 11) is 0. The zero-order valence-corrected chi connectivity index (χ0v) is 8.94. The first-order valence-corrected chi connectivity index (χ1v) is 4.96. The largest absolute Gasteiger partial charge is 0.464 e. The van der Waals surface area contributed by atoms with Crippen LogP contribution in [0, 0.1) is 0 Å². The van der Waals surface area contributed by atoms with Crippen LogP contribution in [0.25, 0.3) is 0 Å². The fourth-order valence-corrected chi connectivity index (χ4v) is 0.644. The van der Waals surface area contributed by atoms with Crippen LogP contribution in [0.3, 0.4) is 0 Å². The number of rotatable bonds is 4. The molecule has 0 aromatic carbocycles. The van der Waals surface area contributed by atoms with Gasteiger partial charge in [-0.2, -0.15) is 0 Å². The van der Waals surface area contributed by atoms with Crippen LogP contribution < -0.4 is 0 Å². The molecule has 0 saturated carbocycles. The van der Waals surface area contributed by atoms with Gasteiger partial charge in [-0.15, -0.1) is 0 Å². The summed E-state index contributed by atoms with van der Waals surface area (Å²) in [6.45, 7) is 2.57. The van der Waals surface area contributed by atoms with Crippen molar-refractivity contribution in [3.8, 4) is 0 Å². The van der Waals surface area contributed by atoms with Crippen LogP contribution in [0.2, 0.25) is 0 Å². The zero-order chi connectivity index (χ0) is 7.98. The first-order chi connectivity index (χ1) is 4.68. The highest BCUT2D eigenvalue weighted by atomic mass is 79.9. The molecule has 0 saturated heterocycles. The lowest BCUT2D eigenvalue weighted by atomic mass is 10.4. The van der Waals surface area contributed by atoms with E-state index in [1.54, 1.807) is 0 Å². The maximum Gasteiger partial charge on any atom is 0.330 e. The van der Waals surface area contributed by atoms with Crippen LogP contribution in [0.4, 0.5) is 0 Å². The van der Waals surface area contributed by atoms with Crippen molar-refractivity contribution in [3.63, 3.8) is 0 Å². The molecule has 0 spiro atoms. The predicted octanol–water partition coefficient (Wildman–Crippen LogP) is 2.45. The number of esters is 1. The fraction of sp³-hybridized carbons (Fsp3) is 0.833. The van der Waals surface area contributed by atoms with Crippen molar-refractivity contribution >= 4 is 37.8 Å². The molecule has 2 nitrogen and oxygen atoms in total. The van der Waals surface area contributed by atoms with Crippen LogP contribution >= 0.6 is 31.9 Å². The Bertz CT molecular complexity index is 104. The van der Waals surface area contributed by atoms with Gasteiger partial charge in [0.05, 0.1) is 6.61 Å². The number of carbonyl (C=O) groups excluding carboxylic acids is 1. The van der Waals surface area contributed by atoms with Gasteiger partial charge in [0.1, 0.15) is 0 Å². The van der Waals surface area contributed by atoms with Crippen molar-refractivity contribution in [2.75, 3.05) is 6.61 Å². The Balaban J connectivity index is 3.22. The summed E-state index contributed by atoms with van der Waals surface area (Å²) in [6, 6.07) is 0. The number of hydrogen-bond acceptors (Lipinski definition) is 2. The third-order valence-electron chi connectivity index (χ3n) is 0.920. The molecule has 0 aromatic heterocycles. The number of hydrogen-bond donors (Lipinski definition) is 0. The van der Waals surface area contributed by atoms with Crippen molar-refractivity contribution < 1.29 is 9.53 Å². The molecule has 0 aliphatic carbocycles. The second-order valence-corrected chi connectivity index (χ2v) is 4.88. The van der Waals surface area contributed by atoms with Gasteiger partial charge in [-0.3, -0.25) is 0 Å². The maximum atomic E-state index is 10.7. The third-order valence-corrected chi connectivity index (χ3v) is 1.67. The van der Waals surface area contributed by atoms with E-state index in [1.807, 2.05) is 6.92 Å². The average Bonchev–Trinajstić information content (AvgIpc) is 1.88. The molecular weight excluding hydrogens is 264 g/mol. The standard InChI is InChI=1S/C6H10Br2O2/c1-2-3-4-10-6(9)5(7)8/h5H,2-4H2,1H3. The highest BCUT2D eigenvalue weighted by molar-refractivity contribution is 9.25. The molecule has 0 amide bonds. The molecule has 0 fully saturated rings. The van der Waals surface area contributed by atoms with Crippen molar-refractivity contribution in [2.45, 2.75) is 23.5 Å². The number of ether oxygens (including phenoxy) is 1. The molecule has 0 rings (SSSR count). The van der Waals surface area contributed by atoms with Crippen molar-refractivity contribution in [1.82, 2.24) is 0 Å². The minimum atomic E-state index is -0.364. The first-order valence-electron chi connectivity index (χ1n) is 3.13. The summed E-state index contributed by atoms with van der Waals surface area (Å²) in [5, 5.41) is 0. The van der Waals surface area contributed by atoms with Crippen LogP contribution in [0.15, 0.2) is 0 Å². The summed E-state index contributed by atoms with van der Waals surface area (Å²) in [5.74, 6) is -0.256. The zero-order valence-electron chi connectivity index (χ0n) is 5.77. The lowest BCUT2D eigenvalue weighted by Crippen LogP contribution is -2.11. The van der Waals surface area contributed by atoms with Crippen LogP contribution in [0.5, 0.6) is 0 Å². The Hall–Kier alpha value is 0.430. The number of unbranched alkanes of at least 4 members (excludes halogenated alkanes) is 1. The Labute approximate surface area is 77.6 Å². The fourth-order valence-electron chi connectivity index (χ4n) is 0.380. The van der Waals surface area contributed by atoms with E-state index in [2.05, 4.69) is 31.9 Å². The van der Waals surface area contributed by atoms with Gasteiger partial charge in [0.2, 0.25) is 0 Å². The normalized spacial score (nSPS) is 10.0. The Morgan fingerprint density at radius 1 is 1.60 bits per heavy atom. The smallest absolute Gasteiger partial charge is 0.330 e. The average molecular weight is 274 g/mol. The van der Waals surface area contributed by atoms with Gasteiger partial charge in [-0.25, -0.2) is 4.79 Å². The second kappa shape index (κ2) is 6.16. The van der Waals surface area contributed by atoms with E-state index in [9.17, 15) is 4.79 Å². The molecule has 0 aromatic rings.